The standard InChI is InChI=1S/C17H17F2NO3/c1-11-4-2-3-5-16(11)23-10-13(21)9-20-17(22)14-7-6-12(18)8-15(14)19/h2-8,13,21H,9-10H2,1H3,(H,20,22). The fourth-order valence-electron chi connectivity index (χ4n) is 1.94. The second kappa shape index (κ2) is 7.69. The van der Waals surface area contributed by atoms with Crippen molar-refractivity contribution in [1.29, 1.82) is 0 Å². The summed E-state index contributed by atoms with van der Waals surface area (Å²) >= 11 is 0. The molecule has 0 aromatic heterocycles. The molecule has 0 aliphatic heterocycles. The number of aliphatic hydroxyl groups excluding tert-OH is 1. The van der Waals surface area contributed by atoms with E-state index in [-0.39, 0.29) is 18.7 Å². The van der Waals surface area contributed by atoms with Gasteiger partial charge >= 0.3 is 0 Å². The summed E-state index contributed by atoms with van der Waals surface area (Å²) in [6.45, 7) is 1.75. The molecule has 2 aromatic rings. The van der Waals surface area contributed by atoms with Crippen molar-refractivity contribution in [3.8, 4) is 5.75 Å². The summed E-state index contributed by atoms with van der Waals surface area (Å²) in [5.41, 5.74) is 0.649. The number of carbonyl (C=O) groups is 1. The van der Waals surface area contributed by atoms with Crippen molar-refractivity contribution in [2.45, 2.75) is 13.0 Å². The Morgan fingerprint density at radius 2 is 2.00 bits per heavy atom. The summed E-state index contributed by atoms with van der Waals surface area (Å²) in [7, 11) is 0. The first kappa shape index (κ1) is 16.9. The van der Waals surface area contributed by atoms with Crippen molar-refractivity contribution in [2.24, 2.45) is 0 Å². The largest absolute Gasteiger partial charge is 0.491 e. The monoisotopic (exact) mass is 321 g/mol. The van der Waals surface area contributed by atoms with Crippen LogP contribution in [0.15, 0.2) is 42.5 Å². The van der Waals surface area contributed by atoms with Crippen LogP contribution in [-0.4, -0.2) is 30.3 Å². The SMILES string of the molecule is Cc1ccccc1OCC(O)CNC(=O)c1ccc(F)cc1F. The number of nitrogens with one attached hydrogen (secondary N) is 1. The molecule has 2 aromatic carbocycles. The molecule has 0 aliphatic carbocycles. The highest BCUT2D eigenvalue weighted by molar-refractivity contribution is 5.94. The number of ether oxygens (including phenoxy) is 1. The third kappa shape index (κ3) is 4.75. The Hall–Kier alpha value is -2.47. The molecule has 1 amide bonds. The number of carbonyl (C=O) groups excluding carboxylic acids is 1. The van der Waals surface area contributed by atoms with Crippen molar-refractivity contribution in [3.63, 3.8) is 0 Å². The maximum atomic E-state index is 13.5. The Labute approximate surface area is 132 Å². The van der Waals surface area contributed by atoms with Gasteiger partial charge < -0.3 is 15.2 Å². The number of para-hydroxylation sites is 1. The molecule has 0 aliphatic rings. The molecule has 1 atom stereocenters. The van der Waals surface area contributed by atoms with Gasteiger partial charge in [-0.3, -0.25) is 4.79 Å². The topological polar surface area (TPSA) is 58.6 Å². The number of halogens is 2. The summed E-state index contributed by atoms with van der Waals surface area (Å²) < 4.78 is 31.7. The lowest BCUT2D eigenvalue weighted by Crippen LogP contribution is -2.35. The minimum absolute atomic E-state index is 0.0168. The molecule has 0 heterocycles. The average Bonchev–Trinajstić information content (AvgIpc) is 2.52. The minimum Gasteiger partial charge on any atom is -0.491 e. The van der Waals surface area contributed by atoms with Crippen LogP contribution in [0, 0.1) is 18.6 Å². The third-order valence-corrected chi connectivity index (χ3v) is 3.20. The molecule has 0 saturated carbocycles. The number of amides is 1. The zero-order valence-corrected chi connectivity index (χ0v) is 12.6. The Morgan fingerprint density at radius 1 is 1.26 bits per heavy atom. The highest BCUT2D eigenvalue weighted by Gasteiger charge is 2.14. The van der Waals surface area contributed by atoms with Gasteiger partial charge in [-0.05, 0) is 30.7 Å². The van der Waals surface area contributed by atoms with Crippen LogP contribution < -0.4 is 10.1 Å². The smallest absolute Gasteiger partial charge is 0.254 e. The second-order valence-corrected chi connectivity index (χ2v) is 5.06. The van der Waals surface area contributed by atoms with Gasteiger partial charge in [-0.1, -0.05) is 18.2 Å². The lowest BCUT2D eigenvalue weighted by atomic mass is 10.2. The average molecular weight is 321 g/mol. The molecule has 23 heavy (non-hydrogen) atoms. The van der Waals surface area contributed by atoms with Crippen molar-refractivity contribution >= 4 is 5.91 Å². The highest BCUT2D eigenvalue weighted by Crippen LogP contribution is 2.16. The fraction of sp³-hybridized carbons (Fsp3) is 0.235. The molecule has 0 saturated heterocycles. The maximum absolute atomic E-state index is 13.5. The summed E-state index contributed by atoms with van der Waals surface area (Å²) in [5, 5.41) is 12.2. The van der Waals surface area contributed by atoms with Crippen LogP contribution in [-0.2, 0) is 0 Å². The molecule has 122 valence electrons. The highest BCUT2D eigenvalue weighted by atomic mass is 19.1. The Morgan fingerprint density at radius 3 is 2.70 bits per heavy atom. The lowest BCUT2D eigenvalue weighted by molar-refractivity contribution is 0.0839. The predicted molar refractivity (Wildman–Crippen MR) is 81.4 cm³/mol. The van der Waals surface area contributed by atoms with E-state index in [4.69, 9.17) is 4.74 Å². The van der Waals surface area contributed by atoms with Gasteiger partial charge in [0.25, 0.3) is 5.91 Å². The van der Waals surface area contributed by atoms with Gasteiger partial charge in [0.05, 0.1) is 5.56 Å². The number of benzene rings is 2. The molecular weight excluding hydrogens is 304 g/mol. The van der Waals surface area contributed by atoms with Gasteiger partial charge in [-0.15, -0.1) is 0 Å². The Bertz CT molecular complexity index is 691. The van der Waals surface area contributed by atoms with E-state index in [0.29, 0.717) is 11.8 Å². The van der Waals surface area contributed by atoms with Crippen LogP contribution in [0.3, 0.4) is 0 Å². The molecule has 1 unspecified atom stereocenters. The van der Waals surface area contributed by atoms with E-state index in [1.165, 1.54) is 0 Å². The van der Waals surface area contributed by atoms with Crippen LogP contribution in [0.25, 0.3) is 0 Å². The number of rotatable bonds is 6. The van der Waals surface area contributed by atoms with E-state index in [2.05, 4.69) is 5.32 Å². The molecule has 0 fully saturated rings. The number of hydrogen-bond acceptors (Lipinski definition) is 3. The van der Waals surface area contributed by atoms with E-state index < -0.39 is 23.6 Å². The first-order chi connectivity index (χ1) is 11.0. The molecule has 2 N–H and O–H groups in total. The summed E-state index contributed by atoms with van der Waals surface area (Å²) in [4.78, 5) is 11.8. The molecule has 2 rings (SSSR count). The molecule has 6 heteroatoms. The van der Waals surface area contributed by atoms with E-state index in [9.17, 15) is 18.7 Å². The van der Waals surface area contributed by atoms with Crippen molar-refractivity contribution in [2.75, 3.05) is 13.2 Å². The van der Waals surface area contributed by atoms with Crippen LogP contribution in [0.5, 0.6) is 5.75 Å². The second-order valence-electron chi connectivity index (χ2n) is 5.06. The predicted octanol–water partition coefficient (Wildman–Crippen LogP) is 2.44. The molecule has 4 nitrogen and oxygen atoms in total. The molecule has 0 radical (unpaired) electrons. The fourth-order valence-corrected chi connectivity index (χ4v) is 1.94. The van der Waals surface area contributed by atoms with Crippen LogP contribution in [0.1, 0.15) is 15.9 Å². The number of hydrogen-bond donors (Lipinski definition) is 2. The first-order valence-corrected chi connectivity index (χ1v) is 7.07. The third-order valence-electron chi connectivity index (χ3n) is 3.20. The Balaban J connectivity index is 1.83. The van der Waals surface area contributed by atoms with Crippen molar-refractivity contribution < 1.29 is 23.4 Å². The van der Waals surface area contributed by atoms with E-state index in [0.717, 1.165) is 17.7 Å². The maximum Gasteiger partial charge on any atom is 0.254 e. The quantitative estimate of drug-likeness (QED) is 0.859. The summed E-state index contributed by atoms with van der Waals surface area (Å²) in [6, 6.07) is 10.0. The first-order valence-electron chi connectivity index (χ1n) is 7.07. The van der Waals surface area contributed by atoms with Gasteiger partial charge in [0.2, 0.25) is 0 Å². The zero-order chi connectivity index (χ0) is 16.8. The van der Waals surface area contributed by atoms with Crippen LogP contribution in [0.4, 0.5) is 8.78 Å². The summed E-state index contributed by atoms with van der Waals surface area (Å²) in [5.74, 6) is -1.79. The van der Waals surface area contributed by atoms with Crippen LogP contribution in [0.2, 0.25) is 0 Å². The molecular formula is C17H17F2NO3. The van der Waals surface area contributed by atoms with E-state index >= 15 is 0 Å². The molecule has 0 spiro atoms. The van der Waals surface area contributed by atoms with Gasteiger partial charge in [-0.25, -0.2) is 8.78 Å². The van der Waals surface area contributed by atoms with Crippen LogP contribution >= 0.6 is 0 Å². The van der Waals surface area contributed by atoms with Gasteiger partial charge in [0, 0.05) is 12.6 Å². The van der Waals surface area contributed by atoms with Crippen molar-refractivity contribution in [3.05, 3.63) is 65.2 Å². The molecule has 0 bridgehead atoms. The van der Waals surface area contributed by atoms with Gasteiger partial charge in [0.15, 0.2) is 0 Å². The Kier molecular flexibility index (Phi) is 5.65. The van der Waals surface area contributed by atoms with E-state index in [1.54, 1.807) is 6.07 Å². The normalized spacial score (nSPS) is 11.8. The van der Waals surface area contributed by atoms with Gasteiger partial charge in [0.1, 0.15) is 30.1 Å². The number of aliphatic hydroxyl groups is 1. The lowest BCUT2D eigenvalue weighted by Gasteiger charge is -2.14. The van der Waals surface area contributed by atoms with E-state index in [1.807, 2.05) is 25.1 Å². The number of aryl methyl sites for hydroxylation is 1. The van der Waals surface area contributed by atoms with Crippen molar-refractivity contribution in [1.82, 2.24) is 5.32 Å². The zero-order valence-electron chi connectivity index (χ0n) is 12.6. The van der Waals surface area contributed by atoms with Gasteiger partial charge in [-0.2, -0.15) is 0 Å². The minimum atomic E-state index is -0.956. The summed E-state index contributed by atoms with van der Waals surface area (Å²) in [6.07, 6.45) is -0.956.